The van der Waals surface area contributed by atoms with E-state index < -0.39 is 53.7 Å². The molecular weight excluding hydrogens is 475 g/mol. The quantitative estimate of drug-likeness (QED) is 0.564. The molecule has 1 aromatic carbocycles. The Kier molecular flexibility index (Phi) is 6.20. The molecule has 0 saturated carbocycles. The summed E-state index contributed by atoms with van der Waals surface area (Å²) in [4.78, 5) is 52.9. The van der Waals surface area contributed by atoms with E-state index in [0.717, 1.165) is 17.7 Å². The first-order valence-corrected chi connectivity index (χ1v) is 10.2. The lowest BCUT2D eigenvalue weighted by Gasteiger charge is -2.19. The number of fused-ring (bicyclic) bond motifs is 2. The lowest BCUT2D eigenvalue weighted by atomic mass is 10.2. The number of hydrogen-bond acceptors (Lipinski definition) is 7. The van der Waals surface area contributed by atoms with Crippen molar-refractivity contribution in [2.75, 3.05) is 18.5 Å². The van der Waals surface area contributed by atoms with E-state index in [4.69, 9.17) is 9.47 Å². The van der Waals surface area contributed by atoms with Crippen LogP contribution in [-0.4, -0.2) is 39.3 Å². The van der Waals surface area contributed by atoms with E-state index in [9.17, 15) is 32.3 Å². The van der Waals surface area contributed by atoms with Crippen LogP contribution in [-0.2, 0) is 24.6 Å². The van der Waals surface area contributed by atoms with E-state index in [0.29, 0.717) is 41.0 Å². The summed E-state index contributed by atoms with van der Waals surface area (Å²) in [6.07, 6.45) is -5.18. The second-order valence-electron chi connectivity index (χ2n) is 7.47. The molecule has 184 valence electrons. The second-order valence-corrected chi connectivity index (χ2v) is 7.47. The van der Waals surface area contributed by atoms with Gasteiger partial charge in [0.2, 0.25) is 5.91 Å². The van der Waals surface area contributed by atoms with Crippen LogP contribution >= 0.6 is 0 Å². The molecule has 3 aromatic rings. The Bertz CT molecular complexity index is 1450. The van der Waals surface area contributed by atoms with Gasteiger partial charge in [0.15, 0.2) is 11.5 Å². The van der Waals surface area contributed by atoms with Gasteiger partial charge in [-0.15, -0.1) is 0 Å². The monoisotopic (exact) mass is 493 g/mol. The van der Waals surface area contributed by atoms with Gasteiger partial charge in [0.1, 0.15) is 24.6 Å². The fourth-order valence-electron chi connectivity index (χ4n) is 3.42. The first-order valence-electron chi connectivity index (χ1n) is 10.2. The fourth-order valence-corrected chi connectivity index (χ4v) is 3.42. The number of nitrogens with zero attached hydrogens (tertiary/aromatic N) is 3. The van der Waals surface area contributed by atoms with Gasteiger partial charge in [0.25, 0.3) is 5.56 Å². The Morgan fingerprint density at radius 2 is 1.80 bits per heavy atom. The highest BCUT2D eigenvalue weighted by atomic mass is 19.4. The second kappa shape index (κ2) is 9.12. The van der Waals surface area contributed by atoms with Gasteiger partial charge in [-0.25, -0.2) is 14.6 Å². The van der Waals surface area contributed by atoms with Gasteiger partial charge < -0.3 is 14.8 Å². The van der Waals surface area contributed by atoms with E-state index in [1.54, 1.807) is 12.1 Å². The van der Waals surface area contributed by atoms with E-state index in [2.05, 4.69) is 15.6 Å². The molecule has 35 heavy (non-hydrogen) atoms. The van der Waals surface area contributed by atoms with Crippen molar-refractivity contribution < 1.29 is 32.2 Å². The maximum absolute atomic E-state index is 12.9. The van der Waals surface area contributed by atoms with Crippen molar-refractivity contribution in [1.82, 2.24) is 19.4 Å². The minimum atomic E-state index is -4.75. The van der Waals surface area contributed by atoms with E-state index >= 15 is 0 Å². The summed E-state index contributed by atoms with van der Waals surface area (Å²) in [7, 11) is 1.16. The third-order valence-electron chi connectivity index (χ3n) is 5.09. The molecular formula is C21H18F3N5O6. The molecule has 3 amide bonds. The Morgan fingerprint density at radius 1 is 1.09 bits per heavy atom. The molecule has 2 aromatic heterocycles. The van der Waals surface area contributed by atoms with Crippen molar-refractivity contribution in [3.63, 3.8) is 0 Å². The van der Waals surface area contributed by atoms with E-state index in [-0.39, 0.29) is 5.39 Å². The number of aryl methyl sites for hydroxylation is 1. The number of aromatic nitrogens is 3. The number of halogens is 3. The Morgan fingerprint density at radius 3 is 2.51 bits per heavy atom. The van der Waals surface area contributed by atoms with Crippen LogP contribution in [0, 0.1) is 0 Å². The number of carbonyl (C=O) groups is 2. The normalized spacial score (nSPS) is 12.9. The number of benzene rings is 1. The van der Waals surface area contributed by atoms with Crippen molar-refractivity contribution in [3.05, 3.63) is 56.9 Å². The van der Waals surface area contributed by atoms with Crippen LogP contribution in [0.5, 0.6) is 11.5 Å². The minimum Gasteiger partial charge on any atom is -0.486 e. The largest absolute Gasteiger partial charge is 0.486 e. The predicted molar refractivity (Wildman–Crippen MR) is 115 cm³/mol. The fraction of sp³-hybridized carbons (Fsp3) is 0.286. The minimum absolute atomic E-state index is 0.225. The predicted octanol–water partition coefficient (Wildman–Crippen LogP) is 1.62. The third-order valence-corrected chi connectivity index (χ3v) is 5.09. The van der Waals surface area contributed by atoms with Crippen molar-refractivity contribution in [1.29, 1.82) is 0 Å². The van der Waals surface area contributed by atoms with Gasteiger partial charge in [-0.05, 0) is 24.3 Å². The van der Waals surface area contributed by atoms with Crippen LogP contribution in [0.25, 0.3) is 11.0 Å². The molecule has 2 N–H and O–H groups in total. The van der Waals surface area contributed by atoms with Crippen molar-refractivity contribution in [2.45, 2.75) is 19.1 Å². The van der Waals surface area contributed by atoms with Gasteiger partial charge >= 0.3 is 17.9 Å². The van der Waals surface area contributed by atoms with Crippen LogP contribution in [0.3, 0.4) is 0 Å². The summed E-state index contributed by atoms with van der Waals surface area (Å²) in [6.45, 7) is 0.350. The molecule has 0 fully saturated rings. The number of alkyl halides is 3. The average Bonchev–Trinajstić information content (AvgIpc) is 2.81. The lowest BCUT2D eigenvalue weighted by molar-refractivity contribution is -0.141. The maximum Gasteiger partial charge on any atom is 0.433 e. The number of amides is 3. The first-order chi connectivity index (χ1) is 16.5. The molecule has 0 spiro atoms. The van der Waals surface area contributed by atoms with Crippen LogP contribution in [0.15, 0.2) is 39.9 Å². The number of hydrogen-bond donors (Lipinski definition) is 2. The van der Waals surface area contributed by atoms with Crippen LogP contribution in [0.4, 0.5) is 23.7 Å². The summed E-state index contributed by atoms with van der Waals surface area (Å²) in [6, 6.07) is 5.37. The SMILES string of the molecule is Cn1c(=O)n(CCC(=O)NC(=O)Nc2ccc3c(c2)OCCO3)c(=O)c2ccc(C(F)(F)F)nc21. The van der Waals surface area contributed by atoms with Crippen molar-refractivity contribution in [3.8, 4) is 11.5 Å². The topological polar surface area (TPSA) is 134 Å². The summed E-state index contributed by atoms with van der Waals surface area (Å²) < 4.78 is 51.1. The Labute approximate surface area is 194 Å². The first kappa shape index (κ1) is 23.8. The number of pyridine rings is 1. The number of nitrogens with one attached hydrogen (secondary N) is 2. The summed E-state index contributed by atoms with van der Waals surface area (Å²) in [5.41, 5.74) is -3.21. The van der Waals surface area contributed by atoms with Gasteiger partial charge in [-0.2, -0.15) is 13.2 Å². The average molecular weight is 493 g/mol. The van der Waals surface area contributed by atoms with Gasteiger partial charge in [-0.3, -0.25) is 24.0 Å². The molecule has 3 heterocycles. The molecule has 0 unspecified atom stereocenters. The van der Waals surface area contributed by atoms with E-state index in [1.807, 2.05) is 0 Å². The van der Waals surface area contributed by atoms with Gasteiger partial charge in [-0.1, -0.05) is 0 Å². The number of ether oxygens (including phenoxy) is 2. The summed E-state index contributed by atoms with van der Waals surface area (Å²) in [5, 5.41) is 4.30. The summed E-state index contributed by atoms with van der Waals surface area (Å²) in [5.74, 6) is 0.161. The zero-order chi connectivity index (χ0) is 25.3. The van der Waals surface area contributed by atoms with Gasteiger partial charge in [0, 0.05) is 31.8 Å². The number of urea groups is 1. The zero-order valence-electron chi connectivity index (χ0n) is 18.1. The van der Waals surface area contributed by atoms with Crippen LogP contribution in [0.1, 0.15) is 12.1 Å². The highest BCUT2D eigenvalue weighted by molar-refractivity contribution is 6.01. The summed E-state index contributed by atoms with van der Waals surface area (Å²) >= 11 is 0. The van der Waals surface area contributed by atoms with Gasteiger partial charge in [0.05, 0.1) is 5.39 Å². The lowest BCUT2D eigenvalue weighted by Crippen LogP contribution is -2.41. The molecule has 0 radical (unpaired) electrons. The number of rotatable bonds is 4. The van der Waals surface area contributed by atoms with Crippen molar-refractivity contribution >= 4 is 28.7 Å². The van der Waals surface area contributed by atoms with E-state index in [1.165, 1.54) is 6.07 Å². The highest BCUT2D eigenvalue weighted by Crippen LogP contribution is 2.32. The third kappa shape index (κ3) is 4.95. The molecule has 11 nitrogen and oxygen atoms in total. The molecule has 0 atom stereocenters. The molecule has 0 aliphatic carbocycles. The van der Waals surface area contributed by atoms with Crippen LogP contribution < -0.4 is 31.4 Å². The molecule has 0 saturated heterocycles. The highest BCUT2D eigenvalue weighted by Gasteiger charge is 2.33. The smallest absolute Gasteiger partial charge is 0.433 e. The number of anilines is 1. The molecule has 14 heteroatoms. The Balaban J connectivity index is 1.44. The number of imide groups is 1. The van der Waals surface area contributed by atoms with Crippen molar-refractivity contribution in [2.24, 2.45) is 7.05 Å². The molecule has 1 aliphatic heterocycles. The standard InChI is InChI=1S/C21H18F3N5O6/c1-28-17-12(3-5-15(26-17)21(22,23)24)18(31)29(20(28)33)7-6-16(30)27-19(32)25-11-2-4-13-14(10-11)35-9-8-34-13/h2-5,10H,6-9H2,1H3,(H2,25,27,30,32). The Hall–Kier alpha value is -4.36. The number of carbonyl (C=O) groups excluding carboxylic acids is 2. The molecule has 1 aliphatic rings. The zero-order valence-corrected chi connectivity index (χ0v) is 18.1. The molecule has 0 bridgehead atoms. The molecule has 4 rings (SSSR count). The van der Waals surface area contributed by atoms with Crippen LogP contribution in [0.2, 0.25) is 0 Å². The maximum atomic E-state index is 12.9.